The maximum absolute atomic E-state index is 14.1. The van der Waals surface area contributed by atoms with Crippen molar-refractivity contribution >= 4 is 21.4 Å². The molecular formula is C15H15FN2O2S. The van der Waals surface area contributed by atoms with Gasteiger partial charge in [-0.15, -0.1) is 0 Å². The molecule has 0 fully saturated rings. The van der Waals surface area contributed by atoms with Crippen molar-refractivity contribution in [3.05, 3.63) is 53.3 Å². The summed E-state index contributed by atoms with van der Waals surface area (Å²) in [5, 5.41) is 0. The van der Waals surface area contributed by atoms with Crippen molar-refractivity contribution in [2.45, 2.75) is 18.2 Å². The number of aryl methyl sites for hydroxylation is 1. The first-order valence-corrected chi connectivity index (χ1v) is 8.01. The molecular weight excluding hydrogens is 291 g/mol. The molecule has 6 heteroatoms. The Morgan fingerprint density at radius 1 is 1.24 bits per heavy atom. The van der Waals surface area contributed by atoms with Gasteiger partial charge in [0.25, 0.3) is 10.0 Å². The van der Waals surface area contributed by atoms with E-state index >= 15 is 0 Å². The third kappa shape index (κ3) is 2.15. The molecule has 0 saturated heterocycles. The molecule has 1 heterocycles. The highest BCUT2D eigenvalue weighted by atomic mass is 32.2. The molecule has 0 unspecified atom stereocenters. The monoisotopic (exact) mass is 306 g/mol. The van der Waals surface area contributed by atoms with Gasteiger partial charge in [-0.2, -0.15) is 0 Å². The highest BCUT2D eigenvalue weighted by Gasteiger charge is 2.32. The normalized spacial score (nSPS) is 14.3. The molecule has 0 amide bonds. The summed E-state index contributed by atoms with van der Waals surface area (Å²) in [5.74, 6) is -0.772. The molecule has 4 nitrogen and oxygen atoms in total. The molecule has 0 saturated carbocycles. The maximum atomic E-state index is 14.1. The number of sulfonamides is 1. The van der Waals surface area contributed by atoms with Crippen molar-refractivity contribution in [2.24, 2.45) is 0 Å². The molecule has 3 rings (SSSR count). The van der Waals surface area contributed by atoms with Gasteiger partial charge in [0.2, 0.25) is 0 Å². The summed E-state index contributed by atoms with van der Waals surface area (Å²) in [6.07, 6.45) is 0.623. The second kappa shape index (κ2) is 4.73. The SMILES string of the molecule is Cc1cc(F)c(S(=O)(=O)N2CCc3ccccc32)cc1N. The van der Waals surface area contributed by atoms with Crippen LogP contribution in [0.25, 0.3) is 0 Å². The van der Waals surface area contributed by atoms with Crippen LogP contribution in [-0.4, -0.2) is 15.0 Å². The lowest BCUT2D eigenvalue weighted by molar-refractivity contribution is 0.564. The van der Waals surface area contributed by atoms with E-state index in [0.29, 0.717) is 24.2 Å². The molecule has 21 heavy (non-hydrogen) atoms. The fourth-order valence-corrected chi connectivity index (χ4v) is 4.13. The molecule has 0 atom stereocenters. The molecule has 0 bridgehead atoms. The maximum Gasteiger partial charge on any atom is 0.267 e. The van der Waals surface area contributed by atoms with Crippen LogP contribution in [0.5, 0.6) is 0 Å². The van der Waals surface area contributed by atoms with Gasteiger partial charge in [0.05, 0.1) is 5.69 Å². The molecule has 110 valence electrons. The van der Waals surface area contributed by atoms with Gasteiger partial charge in [-0.1, -0.05) is 18.2 Å². The first-order valence-electron chi connectivity index (χ1n) is 6.57. The smallest absolute Gasteiger partial charge is 0.267 e. The number of nitrogen functional groups attached to an aromatic ring is 1. The summed E-state index contributed by atoms with van der Waals surface area (Å²) >= 11 is 0. The number of para-hydroxylation sites is 1. The Bertz CT molecular complexity index is 818. The van der Waals surface area contributed by atoms with Crippen LogP contribution < -0.4 is 10.0 Å². The largest absolute Gasteiger partial charge is 0.398 e. The van der Waals surface area contributed by atoms with Crippen molar-refractivity contribution in [3.63, 3.8) is 0 Å². The average Bonchev–Trinajstić information content (AvgIpc) is 2.87. The first-order chi connectivity index (χ1) is 9.91. The fourth-order valence-electron chi connectivity index (χ4n) is 2.54. The zero-order chi connectivity index (χ0) is 15.2. The molecule has 0 aromatic heterocycles. The third-order valence-electron chi connectivity index (χ3n) is 3.73. The van der Waals surface area contributed by atoms with Gasteiger partial charge in [0.15, 0.2) is 0 Å². The predicted molar refractivity (Wildman–Crippen MR) is 80.2 cm³/mol. The number of fused-ring (bicyclic) bond motifs is 1. The highest BCUT2D eigenvalue weighted by molar-refractivity contribution is 7.92. The van der Waals surface area contributed by atoms with Crippen LogP contribution in [0, 0.1) is 12.7 Å². The van der Waals surface area contributed by atoms with Crippen LogP contribution in [-0.2, 0) is 16.4 Å². The van der Waals surface area contributed by atoms with E-state index in [0.717, 1.165) is 11.6 Å². The molecule has 2 aromatic rings. The van der Waals surface area contributed by atoms with E-state index in [1.807, 2.05) is 12.1 Å². The van der Waals surface area contributed by atoms with E-state index in [1.54, 1.807) is 19.1 Å². The number of halogens is 1. The lowest BCUT2D eigenvalue weighted by Gasteiger charge is -2.20. The average molecular weight is 306 g/mol. The van der Waals surface area contributed by atoms with Crippen molar-refractivity contribution in [2.75, 3.05) is 16.6 Å². The quantitative estimate of drug-likeness (QED) is 0.867. The Morgan fingerprint density at radius 3 is 2.71 bits per heavy atom. The van der Waals surface area contributed by atoms with Gasteiger partial charge >= 0.3 is 0 Å². The number of nitrogens with zero attached hydrogens (tertiary/aromatic N) is 1. The number of hydrogen-bond donors (Lipinski definition) is 1. The van der Waals surface area contributed by atoms with Crippen LogP contribution in [0.15, 0.2) is 41.3 Å². The zero-order valence-corrected chi connectivity index (χ0v) is 12.3. The molecule has 1 aliphatic rings. The van der Waals surface area contributed by atoms with E-state index in [9.17, 15) is 12.8 Å². The molecule has 0 radical (unpaired) electrons. The summed E-state index contributed by atoms with van der Waals surface area (Å²) in [6.45, 7) is 1.95. The van der Waals surface area contributed by atoms with Gasteiger partial charge in [-0.05, 0) is 42.7 Å². The van der Waals surface area contributed by atoms with Crippen LogP contribution in [0.2, 0.25) is 0 Å². The van der Waals surface area contributed by atoms with Gasteiger partial charge in [0.1, 0.15) is 10.7 Å². The Labute approximate surface area is 123 Å². The standard InChI is InChI=1S/C15H15FN2O2S/c1-10-8-12(16)15(9-13(10)17)21(19,20)18-7-6-11-4-2-3-5-14(11)18/h2-5,8-9H,6-7,17H2,1H3. The van der Waals surface area contributed by atoms with Gasteiger partial charge in [0, 0.05) is 12.2 Å². The van der Waals surface area contributed by atoms with Crippen molar-refractivity contribution in [3.8, 4) is 0 Å². The lowest BCUT2D eigenvalue weighted by Crippen LogP contribution is -2.30. The fraction of sp³-hybridized carbons (Fsp3) is 0.200. The van der Waals surface area contributed by atoms with E-state index in [4.69, 9.17) is 5.73 Å². The lowest BCUT2D eigenvalue weighted by atomic mass is 10.2. The summed E-state index contributed by atoms with van der Waals surface area (Å²) in [4.78, 5) is -0.373. The molecule has 2 N–H and O–H groups in total. The Morgan fingerprint density at radius 2 is 1.95 bits per heavy atom. The molecule has 2 aromatic carbocycles. The Balaban J connectivity index is 2.13. The minimum Gasteiger partial charge on any atom is -0.398 e. The molecule has 1 aliphatic heterocycles. The summed E-state index contributed by atoms with van der Waals surface area (Å²) < 4.78 is 40.8. The number of rotatable bonds is 2. The minimum atomic E-state index is -3.94. The van der Waals surface area contributed by atoms with Crippen molar-refractivity contribution < 1.29 is 12.8 Å². The Hall–Kier alpha value is -2.08. The predicted octanol–water partition coefficient (Wildman–Crippen LogP) is 2.47. The van der Waals surface area contributed by atoms with E-state index in [1.165, 1.54) is 10.4 Å². The highest BCUT2D eigenvalue weighted by Crippen LogP contribution is 2.34. The van der Waals surface area contributed by atoms with Gasteiger partial charge in [-0.25, -0.2) is 12.8 Å². The van der Waals surface area contributed by atoms with E-state index < -0.39 is 15.8 Å². The van der Waals surface area contributed by atoms with Crippen LogP contribution in [0.3, 0.4) is 0 Å². The number of benzene rings is 2. The van der Waals surface area contributed by atoms with Crippen LogP contribution >= 0.6 is 0 Å². The first kappa shape index (κ1) is 13.9. The third-order valence-corrected chi connectivity index (χ3v) is 5.56. The van der Waals surface area contributed by atoms with Gasteiger partial charge in [-0.3, -0.25) is 4.31 Å². The van der Waals surface area contributed by atoms with Crippen molar-refractivity contribution in [1.29, 1.82) is 0 Å². The summed E-state index contributed by atoms with van der Waals surface area (Å²) in [7, 11) is -3.94. The second-order valence-electron chi connectivity index (χ2n) is 5.10. The van der Waals surface area contributed by atoms with Crippen molar-refractivity contribution in [1.82, 2.24) is 0 Å². The number of anilines is 2. The topological polar surface area (TPSA) is 63.4 Å². The second-order valence-corrected chi connectivity index (χ2v) is 6.93. The van der Waals surface area contributed by atoms with Crippen LogP contribution in [0.1, 0.15) is 11.1 Å². The van der Waals surface area contributed by atoms with Gasteiger partial charge < -0.3 is 5.73 Å². The number of nitrogens with two attached hydrogens (primary N) is 1. The number of hydrogen-bond acceptors (Lipinski definition) is 3. The van der Waals surface area contributed by atoms with E-state index in [2.05, 4.69) is 0 Å². The van der Waals surface area contributed by atoms with E-state index in [-0.39, 0.29) is 10.6 Å². The van der Waals surface area contributed by atoms with Crippen LogP contribution in [0.4, 0.5) is 15.8 Å². The zero-order valence-electron chi connectivity index (χ0n) is 11.5. The minimum absolute atomic E-state index is 0.266. The summed E-state index contributed by atoms with van der Waals surface area (Å²) in [6, 6.07) is 9.59. The molecule has 0 aliphatic carbocycles. The summed E-state index contributed by atoms with van der Waals surface area (Å²) in [5.41, 5.74) is 8.07. The molecule has 0 spiro atoms. The Kier molecular flexibility index (Phi) is 3.13.